The SMILES string of the molecule is CCOc1ccc(-c2[nH]ncc2CN2CCC(n3nc(C)cc3C)CC2)cc1. The Morgan fingerprint density at radius 2 is 1.89 bits per heavy atom. The lowest BCUT2D eigenvalue weighted by molar-refractivity contribution is 0.172. The van der Waals surface area contributed by atoms with Crippen LogP contribution in [-0.2, 0) is 6.54 Å². The van der Waals surface area contributed by atoms with Gasteiger partial charge in [0.1, 0.15) is 5.75 Å². The maximum Gasteiger partial charge on any atom is 0.119 e. The highest BCUT2D eigenvalue weighted by Gasteiger charge is 2.23. The van der Waals surface area contributed by atoms with Crippen molar-refractivity contribution in [3.8, 4) is 17.0 Å². The van der Waals surface area contributed by atoms with Gasteiger partial charge in [0.15, 0.2) is 0 Å². The van der Waals surface area contributed by atoms with E-state index in [0.717, 1.165) is 55.2 Å². The van der Waals surface area contributed by atoms with Gasteiger partial charge in [-0.3, -0.25) is 14.7 Å². The van der Waals surface area contributed by atoms with Crippen LogP contribution < -0.4 is 4.74 Å². The Balaban J connectivity index is 1.40. The molecule has 3 heterocycles. The third kappa shape index (κ3) is 3.97. The molecule has 1 aromatic carbocycles. The van der Waals surface area contributed by atoms with Gasteiger partial charge in [-0.2, -0.15) is 10.2 Å². The van der Waals surface area contributed by atoms with Gasteiger partial charge in [-0.15, -0.1) is 0 Å². The number of aryl methyl sites for hydroxylation is 2. The van der Waals surface area contributed by atoms with Crippen LogP contribution in [0.25, 0.3) is 11.3 Å². The van der Waals surface area contributed by atoms with Crippen LogP contribution >= 0.6 is 0 Å². The average molecular weight is 380 g/mol. The third-order valence-electron chi connectivity index (χ3n) is 5.51. The van der Waals surface area contributed by atoms with Gasteiger partial charge in [-0.05, 0) is 63.9 Å². The number of nitrogens with zero attached hydrogens (tertiary/aromatic N) is 4. The molecule has 1 aliphatic rings. The molecule has 28 heavy (non-hydrogen) atoms. The molecule has 1 saturated heterocycles. The van der Waals surface area contributed by atoms with Crippen molar-refractivity contribution in [3.05, 3.63) is 53.5 Å². The quantitative estimate of drug-likeness (QED) is 0.700. The minimum atomic E-state index is 0.514. The normalized spacial score (nSPS) is 15.8. The summed E-state index contributed by atoms with van der Waals surface area (Å²) in [6, 6.07) is 10.9. The molecule has 0 unspecified atom stereocenters. The summed E-state index contributed by atoms with van der Waals surface area (Å²) >= 11 is 0. The van der Waals surface area contributed by atoms with Crippen molar-refractivity contribution < 1.29 is 4.74 Å². The molecular formula is C22H29N5O. The molecule has 4 rings (SSSR count). The van der Waals surface area contributed by atoms with Crippen LogP contribution in [0.3, 0.4) is 0 Å². The van der Waals surface area contributed by atoms with E-state index < -0.39 is 0 Å². The number of hydrogen-bond donors (Lipinski definition) is 1. The zero-order chi connectivity index (χ0) is 19.5. The molecule has 0 saturated carbocycles. The molecule has 0 radical (unpaired) electrons. The molecule has 6 heteroatoms. The van der Waals surface area contributed by atoms with Crippen LogP contribution in [0.15, 0.2) is 36.5 Å². The Morgan fingerprint density at radius 1 is 1.14 bits per heavy atom. The number of aromatic nitrogens is 4. The van der Waals surface area contributed by atoms with Gasteiger partial charge >= 0.3 is 0 Å². The fraction of sp³-hybridized carbons (Fsp3) is 0.455. The summed E-state index contributed by atoms with van der Waals surface area (Å²) in [5.41, 5.74) is 5.87. The van der Waals surface area contributed by atoms with E-state index in [-0.39, 0.29) is 0 Å². The second-order valence-corrected chi connectivity index (χ2v) is 7.61. The highest BCUT2D eigenvalue weighted by atomic mass is 16.5. The first-order valence-corrected chi connectivity index (χ1v) is 10.1. The fourth-order valence-electron chi connectivity index (χ4n) is 4.14. The Hall–Kier alpha value is -2.60. The number of nitrogens with one attached hydrogen (secondary N) is 1. The Kier molecular flexibility index (Phi) is 5.48. The third-order valence-corrected chi connectivity index (χ3v) is 5.51. The summed E-state index contributed by atoms with van der Waals surface area (Å²) < 4.78 is 7.76. The number of benzene rings is 1. The van der Waals surface area contributed by atoms with Crippen molar-refractivity contribution in [1.82, 2.24) is 24.9 Å². The van der Waals surface area contributed by atoms with E-state index in [9.17, 15) is 0 Å². The second kappa shape index (κ2) is 8.19. The van der Waals surface area contributed by atoms with E-state index in [4.69, 9.17) is 4.74 Å². The fourth-order valence-corrected chi connectivity index (χ4v) is 4.14. The molecule has 0 atom stereocenters. The Bertz CT molecular complexity index is 903. The average Bonchev–Trinajstić information content (AvgIpc) is 3.29. The van der Waals surface area contributed by atoms with Crippen molar-refractivity contribution in [1.29, 1.82) is 0 Å². The maximum atomic E-state index is 5.55. The lowest BCUT2D eigenvalue weighted by Crippen LogP contribution is -2.34. The molecule has 2 aromatic heterocycles. The monoisotopic (exact) mass is 379 g/mol. The minimum absolute atomic E-state index is 0.514. The molecule has 0 spiro atoms. The summed E-state index contributed by atoms with van der Waals surface area (Å²) in [7, 11) is 0. The molecule has 1 N–H and O–H groups in total. The summed E-state index contributed by atoms with van der Waals surface area (Å²) in [6.07, 6.45) is 4.23. The molecule has 1 aliphatic heterocycles. The van der Waals surface area contributed by atoms with Gasteiger partial charge in [-0.1, -0.05) is 0 Å². The van der Waals surface area contributed by atoms with Crippen molar-refractivity contribution in [2.24, 2.45) is 0 Å². The maximum absolute atomic E-state index is 5.55. The molecule has 1 fully saturated rings. The van der Waals surface area contributed by atoms with Gasteiger partial charge in [0.2, 0.25) is 0 Å². The lowest BCUT2D eigenvalue weighted by Gasteiger charge is -2.32. The zero-order valence-corrected chi connectivity index (χ0v) is 17.0. The van der Waals surface area contributed by atoms with Gasteiger partial charge in [0, 0.05) is 36.5 Å². The van der Waals surface area contributed by atoms with Gasteiger partial charge < -0.3 is 4.74 Å². The van der Waals surface area contributed by atoms with Crippen LogP contribution in [0.2, 0.25) is 0 Å². The summed E-state index contributed by atoms with van der Waals surface area (Å²) in [5, 5.41) is 12.2. The van der Waals surface area contributed by atoms with E-state index in [1.54, 1.807) is 0 Å². The van der Waals surface area contributed by atoms with Crippen molar-refractivity contribution >= 4 is 0 Å². The van der Waals surface area contributed by atoms with Crippen LogP contribution in [0.1, 0.15) is 42.8 Å². The number of ether oxygens (including phenoxy) is 1. The number of likely N-dealkylation sites (tertiary alicyclic amines) is 1. The summed E-state index contributed by atoms with van der Waals surface area (Å²) in [6.45, 7) is 9.98. The van der Waals surface area contributed by atoms with Gasteiger partial charge in [0.05, 0.1) is 30.2 Å². The Morgan fingerprint density at radius 3 is 2.54 bits per heavy atom. The first-order valence-electron chi connectivity index (χ1n) is 10.1. The van der Waals surface area contributed by atoms with Crippen LogP contribution in [0.5, 0.6) is 5.75 Å². The van der Waals surface area contributed by atoms with Gasteiger partial charge in [0.25, 0.3) is 0 Å². The number of aromatic amines is 1. The number of hydrogen-bond acceptors (Lipinski definition) is 4. The molecule has 0 aliphatic carbocycles. The van der Waals surface area contributed by atoms with E-state index in [1.807, 2.05) is 25.3 Å². The van der Waals surface area contributed by atoms with E-state index in [2.05, 4.69) is 56.9 Å². The standard InChI is InChI=1S/C22H29N5O/c1-4-28-21-7-5-18(6-8-21)22-19(14-23-24-22)15-26-11-9-20(10-12-26)27-17(3)13-16(2)25-27/h5-8,13-14,20H,4,9-12,15H2,1-3H3,(H,23,24). The highest BCUT2D eigenvalue weighted by molar-refractivity contribution is 5.63. The summed E-state index contributed by atoms with van der Waals surface area (Å²) in [4.78, 5) is 2.52. The molecule has 3 aromatic rings. The van der Waals surface area contributed by atoms with Crippen LogP contribution in [0, 0.1) is 13.8 Å². The number of rotatable bonds is 6. The summed E-state index contributed by atoms with van der Waals surface area (Å²) in [5.74, 6) is 0.901. The first-order chi connectivity index (χ1) is 13.6. The molecule has 6 nitrogen and oxygen atoms in total. The van der Waals surface area contributed by atoms with Crippen molar-refractivity contribution in [2.45, 2.75) is 46.2 Å². The predicted molar refractivity (Wildman–Crippen MR) is 110 cm³/mol. The lowest BCUT2D eigenvalue weighted by atomic mass is 10.0. The molecule has 0 amide bonds. The van der Waals surface area contributed by atoms with Crippen molar-refractivity contribution in [2.75, 3.05) is 19.7 Å². The predicted octanol–water partition coefficient (Wildman–Crippen LogP) is 4.13. The first kappa shape index (κ1) is 18.7. The van der Waals surface area contributed by atoms with E-state index in [0.29, 0.717) is 12.6 Å². The van der Waals surface area contributed by atoms with E-state index in [1.165, 1.54) is 11.3 Å². The largest absolute Gasteiger partial charge is 0.494 e. The van der Waals surface area contributed by atoms with Gasteiger partial charge in [-0.25, -0.2) is 0 Å². The van der Waals surface area contributed by atoms with Crippen LogP contribution in [-0.4, -0.2) is 44.6 Å². The molecule has 0 bridgehead atoms. The highest BCUT2D eigenvalue weighted by Crippen LogP contribution is 2.28. The van der Waals surface area contributed by atoms with Crippen LogP contribution in [0.4, 0.5) is 0 Å². The number of H-pyrrole nitrogens is 1. The molecular weight excluding hydrogens is 350 g/mol. The van der Waals surface area contributed by atoms with E-state index >= 15 is 0 Å². The number of piperidine rings is 1. The Labute approximate surface area is 166 Å². The van der Waals surface area contributed by atoms with Crippen molar-refractivity contribution in [3.63, 3.8) is 0 Å². The zero-order valence-electron chi connectivity index (χ0n) is 17.0. The topological polar surface area (TPSA) is 59.0 Å². The molecule has 148 valence electrons. The smallest absolute Gasteiger partial charge is 0.119 e. The minimum Gasteiger partial charge on any atom is -0.494 e. The second-order valence-electron chi connectivity index (χ2n) is 7.61.